The van der Waals surface area contributed by atoms with Gasteiger partial charge in [-0.05, 0) is 37.3 Å². The standard InChI is InChI=1S/C15H12FNOS/c1-2-18-11-5-3-6-12(9-11)19-15-8-4-7-14(16)13(15)10-17/h3-9H,2H2,1H3. The van der Waals surface area contributed by atoms with Crippen molar-refractivity contribution in [3.8, 4) is 11.8 Å². The number of benzene rings is 2. The van der Waals surface area contributed by atoms with Crippen LogP contribution < -0.4 is 4.74 Å². The molecule has 0 saturated carbocycles. The van der Waals surface area contributed by atoms with E-state index in [9.17, 15) is 4.39 Å². The lowest BCUT2D eigenvalue weighted by atomic mass is 10.2. The van der Waals surface area contributed by atoms with Gasteiger partial charge in [-0.15, -0.1) is 0 Å². The third kappa shape index (κ3) is 3.27. The predicted molar refractivity (Wildman–Crippen MR) is 72.8 cm³/mol. The molecule has 4 heteroatoms. The van der Waals surface area contributed by atoms with Crippen LogP contribution in [0.1, 0.15) is 12.5 Å². The van der Waals surface area contributed by atoms with Gasteiger partial charge >= 0.3 is 0 Å². The van der Waals surface area contributed by atoms with Gasteiger partial charge in [0.2, 0.25) is 0 Å². The number of hydrogen-bond donors (Lipinski definition) is 0. The molecule has 0 aliphatic heterocycles. The van der Waals surface area contributed by atoms with Crippen molar-refractivity contribution in [1.29, 1.82) is 5.26 Å². The molecule has 0 radical (unpaired) electrons. The van der Waals surface area contributed by atoms with Crippen LogP contribution in [0, 0.1) is 17.1 Å². The first kappa shape index (κ1) is 13.4. The van der Waals surface area contributed by atoms with E-state index in [1.54, 1.807) is 12.1 Å². The zero-order valence-electron chi connectivity index (χ0n) is 10.4. The molecular weight excluding hydrogens is 261 g/mol. The second-order valence-corrected chi connectivity index (χ2v) is 4.85. The van der Waals surface area contributed by atoms with Crippen LogP contribution in [-0.4, -0.2) is 6.61 Å². The minimum absolute atomic E-state index is 0.0781. The Morgan fingerprint density at radius 3 is 2.79 bits per heavy atom. The first-order valence-electron chi connectivity index (χ1n) is 5.84. The molecule has 0 atom stereocenters. The second-order valence-electron chi connectivity index (χ2n) is 3.73. The van der Waals surface area contributed by atoms with E-state index in [4.69, 9.17) is 10.00 Å². The van der Waals surface area contributed by atoms with E-state index < -0.39 is 5.82 Å². The molecular formula is C15H12FNOS. The number of hydrogen-bond acceptors (Lipinski definition) is 3. The first-order chi connectivity index (χ1) is 9.24. The molecule has 2 aromatic carbocycles. The van der Waals surface area contributed by atoms with Gasteiger partial charge in [0.15, 0.2) is 0 Å². The summed E-state index contributed by atoms with van der Waals surface area (Å²) in [4.78, 5) is 1.52. The second kappa shape index (κ2) is 6.26. The van der Waals surface area contributed by atoms with Crippen LogP contribution in [0.3, 0.4) is 0 Å². The molecule has 0 amide bonds. The van der Waals surface area contributed by atoms with Crippen molar-refractivity contribution < 1.29 is 9.13 Å². The number of nitriles is 1. The molecule has 19 heavy (non-hydrogen) atoms. The number of halogens is 1. The molecule has 96 valence electrons. The van der Waals surface area contributed by atoms with Crippen molar-refractivity contribution in [3.05, 3.63) is 53.8 Å². The largest absolute Gasteiger partial charge is 0.494 e. The summed E-state index contributed by atoms with van der Waals surface area (Å²) in [5.74, 6) is 0.274. The molecule has 2 nitrogen and oxygen atoms in total. The van der Waals surface area contributed by atoms with E-state index >= 15 is 0 Å². The van der Waals surface area contributed by atoms with Crippen LogP contribution >= 0.6 is 11.8 Å². The Morgan fingerprint density at radius 2 is 2.05 bits per heavy atom. The molecule has 0 aromatic heterocycles. The average molecular weight is 273 g/mol. The highest BCUT2D eigenvalue weighted by molar-refractivity contribution is 7.99. The minimum atomic E-state index is -0.492. The van der Waals surface area contributed by atoms with Crippen molar-refractivity contribution in [2.75, 3.05) is 6.61 Å². The first-order valence-corrected chi connectivity index (χ1v) is 6.65. The highest BCUT2D eigenvalue weighted by Gasteiger charge is 2.09. The van der Waals surface area contributed by atoms with Crippen molar-refractivity contribution in [2.24, 2.45) is 0 Å². The van der Waals surface area contributed by atoms with Gasteiger partial charge in [-0.1, -0.05) is 23.9 Å². The summed E-state index contributed by atoms with van der Waals surface area (Å²) in [5, 5.41) is 8.99. The fraction of sp³-hybridized carbons (Fsp3) is 0.133. The molecule has 2 rings (SSSR count). The highest BCUT2D eigenvalue weighted by Crippen LogP contribution is 2.32. The van der Waals surface area contributed by atoms with Gasteiger partial charge in [0, 0.05) is 9.79 Å². The van der Waals surface area contributed by atoms with E-state index in [0.29, 0.717) is 11.5 Å². The van der Waals surface area contributed by atoms with Crippen LogP contribution in [0.25, 0.3) is 0 Å². The molecule has 0 spiro atoms. The zero-order valence-corrected chi connectivity index (χ0v) is 11.2. The van der Waals surface area contributed by atoms with Crippen LogP contribution in [0.2, 0.25) is 0 Å². The normalized spacial score (nSPS) is 9.95. The molecule has 0 aliphatic carbocycles. The average Bonchev–Trinajstić information content (AvgIpc) is 2.40. The number of ether oxygens (including phenoxy) is 1. The lowest BCUT2D eigenvalue weighted by molar-refractivity contribution is 0.339. The van der Waals surface area contributed by atoms with Gasteiger partial charge in [-0.2, -0.15) is 5.26 Å². The third-order valence-electron chi connectivity index (χ3n) is 2.43. The summed E-state index contributed by atoms with van der Waals surface area (Å²) in [6, 6.07) is 14.0. The van der Waals surface area contributed by atoms with Gasteiger partial charge in [0.05, 0.1) is 6.61 Å². The lowest BCUT2D eigenvalue weighted by Gasteiger charge is -2.07. The molecule has 0 heterocycles. The molecule has 0 N–H and O–H groups in total. The van der Waals surface area contributed by atoms with Crippen LogP contribution in [-0.2, 0) is 0 Å². The van der Waals surface area contributed by atoms with E-state index in [2.05, 4.69) is 0 Å². The van der Waals surface area contributed by atoms with Gasteiger partial charge in [0.1, 0.15) is 23.2 Å². The Hall–Kier alpha value is -1.99. The van der Waals surface area contributed by atoms with Crippen molar-refractivity contribution in [1.82, 2.24) is 0 Å². The smallest absolute Gasteiger partial charge is 0.142 e. The monoisotopic (exact) mass is 273 g/mol. The Bertz CT molecular complexity index is 622. The van der Waals surface area contributed by atoms with Crippen molar-refractivity contribution in [2.45, 2.75) is 16.7 Å². The van der Waals surface area contributed by atoms with Gasteiger partial charge in [-0.3, -0.25) is 0 Å². The third-order valence-corrected chi connectivity index (χ3v) is 3.48. The molecule has 0 bridgehead atoms. The maximum Gasteiger partial charge on any atom is 0.142 e. The van der Waals surface area contributed by atoms with Gasteiger partial charge in [-0.25, -0.2) is 4.39 Å². The highest BCUT2D eigenvalue weighted by atomic mass is 32.2. The summed E-state index contributed by atoms with van der Waals surface area (Å²) in [6.07, 6.45) is 0. The van der Waals surface area contributed by atoms with Gasteiger partial charge < -0.3 is 4.74 Å². The summed E-state index contributed by atoms with van der Waals surface area (Å²) in [6.45, 7) is 2.51. The van der Waals surface area contributed by atoms with Crippen LogP contribution in [0.4, 0.5) is 4.39 Å². The fourth-order valence-electron chi connectivity index (χ4n) is 1.62. The number of rotatable bonds is 4. The van der Waals surface area contributed by atoms with Crippen LogP contribution in [0.15, 0.2) is 52.3 Å². The van der Waals surface area contributed by atoms with E-state index in [0.717, 1.165) is 10.6 Å². The van der Waals surface area contributed by atoms with Crippen LogP contribution in [0.5, 0.6) is 5.75 Å². The van der Waals surface area contributed by atoms with E-state index in [1.807, 2.05) is 37.3 Å². The fourth-order valence-corrected chi connectivity index (χ4v) is 2.59. The molecule has 0 fully saturated rings. The lowest BCUT2D eigenvalue weighted by Crippen LogP contribution is -1.91. The number of nitrogens with zero attached hydrogens (tertiary/aromatic N) is 1. The van der Waals surface area contributed by atoms with Gasteiger partial charge in [0.25, 0.3) is 0 Å². The molecule has 0 aliphatic rings. The van der Waals surface area contributed by atoms with E-state index in [-0.39, 0.29) is 5.56 Å². The maximum absolute atomic E-state index is 13.5. The SMILES string of the molecule is CCOc1cccc(Sc2cccc(F)c2C#N)c1. The van der Waals surface area contributed by atoms with Crippen molar-refractivity contribution >= 4 is 11.8 Å². The molecule has 2 aromatic rings. The maximum atomic E-state index is 13.5. The minimum Gasteiger partial charge on any atom is -0.494 e. The van der Waals surface area contributed by atoms with E-state index in [1.165, 1.54) is 17.8 Å². The summed E-state index contributed by atoms with van der Waals surface area (Å²) in [5.41, 5.74) is 0.0781. The summed E-state index contributed by atoms with van der Waals surface area (Å²) in [7, 11) is 0. The quantitative estimate of drug-likeness (QED) is 0.835. The molecule has 0 unspecified atom stereocenters. The summed E-state index contributed by atoms with van der Waals surface area (Å²) < 4.78 is 18.9. The Kier molecular flexibility index (Phi) is 4.43. The summed E-state index contributed by atoms with van der Waals surface area (Å²) >= 11 is 1.35. The van der Waals surface area contributed by atoms with Crippen molar-refractivity contribution in [3.63, 3.8) is 0 Å². The Labute approximate surface area is 115 Å². The Morgan fingerprint density at radius 1 is 1.26 bits per heavy atom. The Balaban J connectivity index is 2.29. The predicted octanol–water partition coefficient (Wildman–Crippen LogP) is 4.25. The topological polar surface area (TPSA) is 33.0 Å². The zero-order chi connectivity index (χ0) is 13.7. The molecule has 0 saturated heterocycles.